The molecule has 0 saturated carbocycles. The third kappa shape index (κ3) is 4.37. The molecule has 0 aliphatic rings. The van der Waals surface area contributed by atoms with Gasteiger partial charge in [0.05, 0.1) is 43.6 Å². The highest BCUT2D eigenvalue weighted by Crippen LogP contribution is 2.22. The lowest BCUT2D eigenvalue weighted by atomic mass is 10.1. The van der Waals surface area contributed by atoms with Gasteiger partial charge in [-0.05, 0) is 24.3 Å². The lowest BCUT2D eigenvalue weighted by Crippen LogP contribution is -2.29. The number of hydrogen-bond donors (Lipinski definition) is 2. The number of H-pyrrole nitrogens is 1. The molecule has 2 N–H and O–H groups in total. The largest absolute Gasteiger partial charge is 0.497 e. The van der Waals surface area contributed by atoms with Crippen molar-refractivity contribution in [3.05, 3.63) is 76.3 Å². The van der Waals surface area contributed by atoms with E-state index in [4.69, 9.17) is 9.47 Å². The van der Waals surface area contributed by atoms with Crippen molar-refractivity contribution in [2.45, 2.75) is 13.1 Å². The lowest BCUT2D eigenvalue weighted by molar-refractivity contribution is 0.0945. The Labute approximate surface area is 184 Å². The Kier molecular flexibility index (Phi) is 6.27. The molecule has 9 heteroatoms. The van der Waals surface area contributed by atoms with E-state index in [1.807, 2.05) is 36.4 Å². The SMILES string of the molecule is COCCn1nc(CNC(=O)c2cc(-c3cccc(OC)c3)n[nH]2)c2ccccc2c1=O. The minimum atomic E-state index is -0.327. The highest BCUT2D eigenvalue weighted by molar-refractivity contribution is 5.93. The zero-order chi connectivity index (χ0) is 22.5. The summed E-state index contributed by atoms with van der Waals surface area (Å²) in [6.45, 7) is 0.837. The van der Waals surface area contributed by atoms with Gasteiger partial charge in [-0.1, -0.05) is 30.3 Å². The number of amides is 1. The molecule has 4 aromatic rings. The van der Waals surface area contributed by atoms with E-state index in [1.54, 1.807) is 32.4 Å². The number of carbonyl (C=O) groups excluding carboxylic acids is 1. The number of aromatic amines is 1. The molecule has 0 bridgehead atoms. The minimum Gasteiger partial charge on any atom is -0.497 e. The number of aromatic nitrogens is 4. The van der Waals surface area contributed by atoms with Crippen LogP contribution in [-0.2, 0) is 17.8 Å². The van der Waals surface area contributed by atoms with Gasteiger partial charge in [0.2, 0.25) is 0 Å². The van der Waals surface area contributed by atoms with Crippen LogP contribution in [0.4, 0.5) is 0 Å². The van der Waals surface area contributed by atoms with Crippen molar-refractivity contribution in [1.29, 1.82) is 0 Å². The summed E-state index contributed by atoms with van der Waals surface area (Å²) >= 11 is 0. The molecule has 2 aromatic carbocycles. The molecule has 9 nitrogen and oxygen atoms in total. The van der Waals surface area contributed by atoms with Crippen molar-refractivity contribution < 1.29 is 14.3 Å². The first-order valence-electron chi connectivity index (χ1n) is 10.1. The summed E-state index contributed by atoms with van der Waals surface area (Å²) in [6, 6.07) is 16.3. The Morgan fingerprint density at radius 2 is 1.91 bits per heavy atom. The fraction of sp³-hybridized carbons (Fsp3) is 0.217. The van der Waals surface area contributed by atoms with Crippen LogP contribution in [0.15, 0.2) is 59.4 Å². The van der Waals surface area contributed by atoms with Gasteiger partial charge in [-0.3, -0.25) is 14.7 Å². The molecule has 0 spiro atoms. The van der Waals surface area contributed by atoms with Gasteiger partial charge in [-0.2, -0.15) is 10.2 Å². The molecule has 164 valence electrons. The number of fused-ring (bicyclic) bond motifs is 1. The van der Waals surface area contributed by atoms with E-state index in [2.05, 4.69) is 20.6 Å². The third-order valence-electron chi connectivity index (χ3n) is 5.06. The average molecular weight is 433 g/mol. The fourth-order valence-corrected chi connectivity index (χ4v) is 3.39. The van der Waals surface area contributed by atoms with Crippen LogP contribution in [0.5, 0.6) is 5.75 Å². The van der Waals surface area contributed by atoms with E-state index in [0.29, 0.717) is 46.8 Å². The second-order valence-corrected chi connectivity index (χ2v) is 7.09. The highest BCUT2D eigenvalue weighted by atomic mass is 16.5. The Balaban J connectivity index is 1.55. The van der Waals surface area contributed by atoms with Crippen LogP contribution in [0, 0.1) is 0 Å². The number of hydrogen-bond acceptors (Lipinski definition) is 6. The van der Waals surface area contributed by atoms with E-state index >= 15 is 0 Å². The average Bonchev–Trinajstić information content (AvgIpc) is 3.33. The van der Waals surface area contributed by atoms with Crippen molar-refractivity contribution in [3.63, 3.8) is 0 Å². The van der Waals surface area contributed by atoms with Crippen LogP contribution in [0.2, 0.25) is 0 Å². The molecule has 2 heterocycles. The molecule has 0 fully saturated rings. The Hall–Kier alpha value is -3.98. The van der Waals surface area contributed by atoms with Crippen molar-refractivity contribution in [1.82, 2.24) is 25.3 Å². The Morgan fingerprint density at radius 3 is 2.69 bits per heavy atom. The second kappa shape index (κ2) is 9.44. The van der Waals surface area contributed by atoms with Crippen LogP contribution in [0.25, 0.3) is 22.0 Å². The quantitative estimate of drug-likeness (QED) is 0.441. The predicted octanol–water partition coefficient (Wildman–Crippen LogP) is 2.37. The molecule has 0 aliphatic heterocycles. The lowest BCUT2D eigenvalue weighted by Gasteiger charge is -2.11. The molecule has 0 radical (unpaired) electrons. The number of rotatable bonds is 8. The van der Waals surface area contributed by atoms with Crippen LogP contribution >= 0.6 is 0 Å². The first-order valence-corrected chi connectivity index (χ1v) is 10.1. The van der Waals surface area contributed by atoms with Gasteiger partial charge in [-0.15, -0.1) is 0 Å². The molecular formula is C23H23N5O4. The first kappa shape index (κ1) is 21.3. The zero-order valence-electron chi connectivity index (χ0n) is 17.8. The van der Waals surface area contributed by atoms with E-state index in [9.17, 15) is 9.59 Å². The van der Waals surface area contributed by atoms with Gasteiger partial charge >= 0.3 is 0 Å². The molecule has 32 heavy (non-hydrogen) atoms. The summed E-state index contributed by atoms with van der Waals surface area (Å²) in [5.41, 5.74) is 2.18. The van der Waals surface area contributed by atoms with Gasteiger partial charge in [-0.25, -0.2) is 4.68 Å². The fourth-order valence-electron chi connectivity index (χ4n) is 3.39. The van der Waals surface area contributed by atoms with E-state index in [-0.39, 0.29) is 18.0 Å². The van der Waals surface area contributed by atoms with E-state index in [0.717, 1.165) is 5.56 Å². The summed E-state index contributed by atoms with van der Waals surface area (Å²) < 4.78 is 11.7. The number of carbonyl (C=O) groups is 1. The molecular weight excluding hydrogens is 410 g/mol. The maximum Gasteiger partial charge on any atom is 0.274 e. The standard InChI is InChI=1S/C23H23N5O4/c1-31-11-10-28-23(30)18-9-4-3-8-17(18)21(27-28)14-24-22(29)20-13-19(25-26-20)15-6-5-7-16(12-15)32-2/h3-9,12-13H,10-11,14H2,1-2H3,(H,24,29)(H,25,26). The van der Waals surface area contributed by atoms with Gasteiger partial charge in [0, 0.05) is 18.1 Å². The number of nitrogens with zero attached hydrogens (tertiary/aromatic N) is 3. The summed E-state index contributed by atoms with van der Waals surface area (Å²) in [7, 11) is 3.16. The van der Waals surface area contributed by atoms with Crippen LogP contribution < -0.4 is 15.6 Å². The minimum absolute atomic E-state index is 0.153. The number of nitrogens with one attached hydrogen (secondary N) is 2. The van der Waals surface area contributed by atoms with E-state index < -0.39 is 0 Å². The zero-order valence-corrected chi connectivity index (χ0v) is 17.8. The van der Waals surface area contributed by atoms with Crippen molar-refractivity contribution >= 4 is 16.7 Å². The molecule has 0 saturated heterocycles. The number of methoxy groups -OCH3 is 2. The monoisotopic (exact) mass is 433 g/mol. The second-order valence-electron chi connectivity index (χ2n) is 7.09. The van der Waals surface area contributed by atoms with Gasteiger partial charge in [0.1, 0.15) is 11.4 Å². The molecule has 4 rings (SSSR count). The normalized spacial score (nSPS) is 10.9. The van der Waals surface area contributed by atoms with Crippen molar-refractivity contribution in [3.8, 4) is 17.0 Å². The molecule has 2 aromatic heterocycles. The molecule has 1 amide bonds. The van der Waals surface area contributed by atoms with Gasteiger partial charge < -0.3 is 14.8 Å². The summed E-state index contributed by atoms with van der Waals surface area (Å²) in [6.07, 6.45) is 0. The Bertz CT molecular complexity index is 1310. The third-order valence-corrected chi connectivity index (χ3v) is 5.06. The van der Waals surface area contributed by atoms with Crippen LogP contribution in [0.1, 0.15) is 16.2 Å². The van der Waals surface area contributed by atoms with Crippen molar-refractivity contribution in [2.24, 2.45) is 0 Å². The van der Waals surface area contributed by atoms with E-state index in [1.165, 1.54) is 4.68 Å². The summed E-state index contributed by atoms with van der Waals surface area (Å²) in [5.74, 6) is 0.380. The molecule has 0 aliphatic carbocycles. The maximum absolute atomic E-state index is 12.7. The molecule has 0 unspecified atom stereocenters. The molecule has 0 atom stereocenters. The van der Waals surface area contributed by atoms with Crippen LogP contribution in [0.3, 0.4) is 0 Å². The highest BCUT2D eigenvalue weighted by Gasteiger charge is 2.14. The number of ether oxygens (including phenoxy) is 2. The smallest absolute Gasteiger partial charge is 0.274 e. The maximum atomic E-state index is 12.7. The predicted molar refractivity (Wildman–Crippen MR) is 120 cm³/mol. The first-order chi connectivity index (χ1) is 15.6. The Morgan fingerprint density at radius 1 is 1.09 bits per heavy atom. The van der Waals surface area contributed by atoms with Gasteiger partial charge in [0.15, 0.2) is 0 Å². The topological polar surface area (TPSA) is 111 Å². The van der Waals surface area contributed by atoms with Crippen molar-refractivity contribution in [2.75, 3.05) is 20.8 Å². The number of benzene rings is 2. The summed E-state index contributed by atoms with van der Waals surface area (Å²) in [4.78, 5) is 25.4. The summed E-state index contributed by atoms with van der Waals surface area (Å²) in [5, 5.41) is 15.5. The van der Waals surface area contributed by atoms with Gasteiger partial charge in [0.25, 0.3) is 11.5 Å². The van der Waals surface area contributed by atoms with Crippen LogP contribution in [-0.4, -0.2) is 46.7 Å².